The second-order valence-electron chi connectivity index (χ2n) is 3.13. The first kappa shape index (κ1) is 12.0. The fourth-order valence-electron chi connectivity index (χ4n) is 1.35. The summed E-state index contributed by atoms with van der Waals surface area (Å²) in [6.45, 7) is 1.69. The molecule has 6 heteroatoms. The summed E-state index contributed by atoms with van der Waals surface area (Å²) in [6, 6.07) is 4.28. The molecule has 0 saturated carbocycles. The van der Waals surface area contributed by atoms with E-state index in [1.54, 1.807) is 19.1 Å². The van der Waals surface area contributed by atoms with Crippen molar-refractivity contribution in [1.82, 2.24) is 0 Å². The number of hydrogen-bond acceptors (Lipinski definition) is 3. The van der Waals surface area contributed by atoms with Gasteiger partial charge in [0.2, 0.25) is 0 Å². The Labute approximate surface area is 91.6 Å². The van der Waals surface area contributed by atoms with E-state index in [9.17, 15) is 8.78 Å². The van der Waals surface area contributed by atoms with Crippen molar-refractivity contribution in [2.45, 2.75) is 19.3 Å². The minimum Gasteiger partial charge on any atom is -0.395 e. The third kappa shape index (κ3) is 2.13. The normalized spacial score (nSPS) is 18.1. The second-order valence-corrected chi connectivity index (χ2v) is 3.13. The van der Waals surface area contributed by atoms with Gasteiger partial charge >= 0.3 is 6.29 Å². The standard InChI is InChI=1S/C9H9F2NO2.ClH/c1-5(12)6-3-2-4-7-8(6)14-9(10,11)13-7;/h2-5H,12H2,1H3;1H/t5-;/m0./s1. The average molecular weight is 238 g/mol. The summed E-state index contributed by atoms with van der Waals surface area (Å²) in [6.07, 6.45) is -3.58. The summed E-state index contributed by atoms with van der Waals surface area (Å²) < 4.78 is 34.0. The first-order valence-electron chi connectivity index (χ1n) is 4.14. The van der Waals surface area contributed by atoms with E-state index >= 15 is 0 Å². The molecule has 3 nitrogen and oxygen atoms in total. The van der Waals surface area contributed by atoms with E-state index in [-0.39, 0.29) is 29.9 Å². The third-order valence-corrected chi connectivity index (χ3v) is 1.95. The number of halogens is 3. The fourth-order valence-corrected chi connectivity index (χ4v) is 1.35. The molecule has 84 valence electrons. The zero-order valence-electron chi connectivity index (χ0n) is 7.87. The molecule has 1 aromatic rings. The summed E-state index contributed by atoms with van der Waals surface area (Å²) in [5, 5.41) is 0. The number of ether oxygens (including phenoxy) is 2. The van der Waals surface area contributed by atoms with Crippen LogP contribution in [0.15, 0.2) is 18.2 Å². The lowest BCUT2D eigenvalue weighted by Gasteiger charge is -2.09. The average Bonchev–Trinajstić information content (AvgIpc) is 2.36. The van der Waals surface area contributed by atoms with Crippen molar-refractivity contribution >= 4 is 12.4 Å². The van der Waals surface area contributed by atoms with Crippen molar-refractivity contribution in [1.29, 1.82) is 0 Å². The van der Waals surface area contributed by atoms with Crippen LogP contribution in [0.5, 0.6) is 11.5 Å². The van der Waals surface area contributed by atoms with Gasteiger partial charge in [-0.2, -0.15) is 0 Å². The molecule has 0 spiro atoms. The predicted octanol–water partition coefficient (Wildman–Crippen LogP) is 2.45. The number of hydrogen-bond donors (Lipinski definition) is 1. The lowest BCUT2D eigenvalue weighted by Crippen LogP contribution is -2.26. The molecule has 0 bridgehead atoms. The summed E-state index contributed by atoms with van der Waals surface area (Å²) >= 11 is 0. The first-order chi connectivity index (χ1) is 6.49. The first-order valence-corrected chi connectivity index (χ1v) is 4.14. The van der Waals surface area contributed by atoms with Crippen molar-refractivity contribution in [3.05, 3.63) is 23.8 Å². The molecular formula is C9H10ClF2NO2. The number of benzene rings is 1. The summed E-state index contributed by atoms with van der Waals surface area (Å²) in [4.78, 5) is 0. The molecule has 1 aliphatic rings. The van der Waals surface area contributed by atoms with Crippen LogP contribution >= 0.6 is 12.4 Å². The van der Waals surface area contributed by atoms with Gasteiger partial charge in [0.15, 0.2) is 11.5 Å². The van der Waals surface area contributed by atoms with Gasteiger partial charge in [-0.3, -0.25) is 0 Å². The van der Waals surface area contributed by atoms with Gasteiger partial charge in [-0.25, -0.2) is 0 Å². The van der Waals surface area contributed by atoms with Gasteiger partial charge in [0.1, 0.15) is 0 Å². The summed E-state index contributed by atoms with van der Waals surface area (Å²) in [5.41, 5.74) is 6.11. The van der Waals surface area contributed by atoms with Crippen molar-refractivity contribution in [2.75, 3.05) is 0 Å². The Morgan fingerprint density at radius 3 is 2.60 bits per heavy atom. The van der Waals surface area contributed by atoms with Crippen LogP contribution in [0.3, 0.4) is 0 Å². The highest BCUT2D eigenvalue weighted by Crippen LogP contribution is 2.44. The monoisotopic (exact) mass is 237 g/mol. The molecule has 0 fully saturated rings. The van der Waals surface area contributed by atoms with Crippen molar-refractivity contribution in [3.8, 4) is 11.5 Å². The number of nitrogens with two attached hydrogens (primary N) is 1. The van der Waals surface area contributed by atoms with Gasteiger partial charge < -0.3 is 15.2 Å². The lowest BCUT2D eigenvalue weighted by atomic mass is 10.1. The molecule has 2 N–H and O–H groups in total. The molecule has 0 saturated heterocycles. The molecule has 1 aromatic carbocycles. The molecule has 0 unspecified atom stereocenters. The van der Waals surface area contributed by atoms with E-state index in [2.05, 4.69) is 9.47 Å². The zero-order valence-corrected chi connectivity index (χ0v) is 8.68. The van der Waals surface area contributed by atoms with Crippen molar-refractivity contribution in [2.24, 2.45) is 5.73 Å². The molecule has 1 atom stereocenters. The largest absolute Gasteiger partial charge is 0.586 e. The Bertz CT molecular complexity index is 371. The van der Waals surface area contributed by atoms with Gasteiger partial charge in [-0.05, 0) is 13.0 Å². The van der Waals surface area contributed by atoms with E-state index in [1.165, 1.54) is 6.07 Å². The van der Waals surface area contributed by atoms with Gasteiger partial charge in [-0.1, -0.05) is 12.1 Å². The van der Waals surface area contributed by atoms with Crippen LogP contribution in [0.25, 0.3) is 0 Å². The maximum Gasteiger partial charge on any atom is 0.586 e. The molecule has 1 aliphatic heterocycles. The van der Waals surface area contributed by atoms with E-state index in [1.807, 2.05) is 0 Å². The Balaban J connectivity index is 0.00000112. The zero-order chi connectivity index (χ0) is 10.3. The maximum atomic E-state index is 12.7. The van der Waals surface area contributed by atoms with Gasteiger partial charge in [0, 0.05) is 11.6 Å². The Kier molecular flexibility index (Phi) is 3.06. The van der Waals surface area contributed by atoms with Crippen LogP contribution in [0.1, 0.15) is 18.5 Å². The molecule has 1 heterocycles. The Morgan fingerprint density at radius 1 is 1.33 bits per heavy atom. The number of fused-ring (bicyclic) bond motifs is 1. The van der Waals surface area contributed by atoms with E-state index < -0.39 is 6.29 Å². The number of alkyl halides is 2. The summed E-state index contributed by atoms with van der Waals surface area (Å²) in [7, 11) is 0. The Hall–Kier alpha value is -1.07. The van der Waals surface area contributed by atoms with Crippen LogP contribution in [0.2, 0.25) is 0 Å². The smallest absolute Gasteiger partial charge is 0.395 e. The summed E-state index contributed by atoms with van der Waals surface area (Å²) in [5.74, 6) is 0.0669. The van der Waals surface area contributed by atoms with Gasteiger partial charge in [-0.15, -0.1) is 21.2 Å². The highest BCUT2D eigenvalue weighted by atomic mass is 35.5. The fraction of sp³-hybridized carbons (Fsp3) is 0.333. The minimum absolute atomic E-state index is 0. The molecule has 15 heavy (non-hydrogen) atoms. The van der Waals surface area contributed by atoms with Gasteiger partial charge in [0.05, 0.1) is 0 Å². The van der Waals surface area contributed by atoms with Crippen LogP contribution in [-0.2, 0) is 0 Å². The molecule has 2 rings (SSSR count). The molecule has 0 amide bonds. The quantitative estimate of drug-likeness (QED) is 0.816. The maximum absolute atomic E-state index is 12.7. The highest BCUT2D eigenvalue weighted by molar-refractivity contribution is 5.85. The van der Waals surface area contributed by atoms with Crippen LogP contribution in [-0.4, -0.2) is 6.29 Å². The molecule has 0 radical (unpaired) electrons. The highest BCUT2D eigenvalue weighted by Gasteiger charge is 2.44. The molecule has 0 aromatic heterocycles. The van der Waals surface area contributed by atoms with E-state index in [4.69, 9.17) is 5.73 Å². The van der Waals surface area contributed by atoms with Gasteiger partial charge in [0.25, 0.3) is 0 Å². The second kappa shape index (κ2) is 3.83. The topological polar surface area (TPSA) is 44.5 Å². The van der Waals surface area contributed by atoms with Crippen LogP contribution < -0.4 is 15.2 Å². The van der Waals surface area contributed by atoms with E-state index in [0.29, 0.717) is 5.56 Å². The van der Waals surface area contributed by atoms with Crippen molar-refractivity contribution < 1.29 is 18.3 Å². The lowest BCUT2D eigenvalue weighted by molar-refractivity contribution is -0.287. The number of rotatable bonds is 1. The van der Waals surface area contributed by atoms with E-state index in [0.717, 1.165) is 0 Å². The number of para-hydroxylation sites is 1. The van der Waals surface area contributed by atoms with Crippen LogP contribution in [0.4, 0.5) is 8.78 Å². The SMILES string of the molecule is C[C@H](N)c1cccc2c1OC(F)(F)O2.Cl. The predicted molar refractivity (Wildman–Crippen MR) is 52.5 cm³/mol. The van der Waals surface area contributed by atoms with Crippen molar-refractivity contribution in [3.63, 3.8) is 0 Å². The minimum atomic E-state index is -3.58. The third-order valence-electron chi connectivity index (χ3n) is 1.95. The molecule has 0 aliphatic carbocycles. The Morgan fingerprint density at radius 2 is 2.00 bits per heavy atom. The molecular weight excluding hydrogens is 228 g/mol. The van der Waals surface area contributed by atoms with Crippen LogP contribution in [0, 0.1) is 0 Å².